The molecule has 1 aromatic carbocycles. The number of nitrogens with one attached hydrogen (secondary N) is 2. The van der Waals surface area contributed by atoms with Crippen molar-refractivity contribution in [2.75, 3.05) is 37.0 Å². The van der Waals surface area contributed by atoms with Gasteiger partial charge in [-0.25, -0.2) is 17.9 Å². The van der Waals surface area contributed by atoms with E-state index >= 15 is 0 Å². The number of nitrogens with zero attached hydrogens (tertiary/aromatic N) is 5. The fourth-order valence-corrected chi connectivity index (χ4v) is 4.08. The Balaban J connectivity index is 1.58. The topological polar surface area (TPSA) is 137 Å². The zero-order valence-electron chi connectivity index (χ0n) is 16.0. The van der Waals surface area contributed by atoms with Crippen molar-refractivity contribution in [3.8, 4) is 0 Å². The highest BCUT2D eigenvalue weighted by Crippen LogP contribution is 2.19. The van der Waals surface area contributed by atoms with Gasteiger partial charge in [-0.05, 0) is 31.0 Å². The van der Waals surface area contributed by atoms with Gasteiger partial charge in [-0.2, -0.15) is 15.0 Å². The van der Waals surface area contributed by atoms with Crippen molar-refractivity contribution in [3.05, 3.63) is 34.6 Å². The normalized spacial score (nSPS) is 14.6. The number of fused-ring (bicyclic) bond motifs is 1. The minimum Gasteiger partial charge on any atom is -0.408 e. The molecular formula is C17H21N7O4S. The van der Waals surface area contributed by atoms with Crippen LogP contribution < -0.4 is 20.3 Å². The lowest BCUT2D eigenvalue weighted by Gasteiger charge is -2.19. The van der Waals surface area contributed by atoms with Gasteiger partial charge in [-0.15, -0.1) is 0 Å². The molecule has 0 bridgehead atoms. The van der Waals surface area contributed by atoms with E-state index in [2.05, 4.69) is 29.6 Å². The largest absolute Gasteiger partial charge is 0.417 e. The number of hydrogen-bond acceptors (Lipinski definition) is 9. The molecule has 0 spiro atoms. The minimum atomic E-state index is -3.85. The Kier molecular flexibility index (Phi) is 4.96. The second-order valence-electron chi connectivity index (χ2n) is 6.94. The number of oxazole rings is 1. The third-order valence-corrected chi connectivity index (χ3v) is 5.97. The van der Waals surface area contributed by atoms with Crippen LogP contribution in [0.2, 0.25) is 0 Å². The van der Waals surface area contributed by atoms with Crippen molar-refractivity contribution < 1.29 is 12.8 Å². The van der Waals surface area contributed by atoms with Crippen LogP contribution in [-0.2, 0) is 16.6 Å². The maximum atomic E-state index is 12.7. The number of sulfonamides is 1. The monoisotopic (exact) mass is 419 g/mol. The second-order valence-corrected chi connectivity index (χ2v) is 8.70. The van der Waals surface area contributed by atoms with Gasteiger partial charge < -0.3 is 14.2 Å². The molecule has 1 fully saturated rings. The quantitative estimate of drug-likeness (QED) is 0.583. The number of benzene rings is 1. The Morgan fingerprint density at radius 1 is 1.21 bits per heavy atom. The van der Waals surface area contributed by atoms with Crippen LogP contribution in [0.1, 0.15) is 18.7 Å². The molecule has 3 aromatic rings. The maximum Gasteiger partial charge on any atom is 0.417 e. The first kappa shape index (κ1) is 19.3. The lowest BCUT2D eigenvalue weighted by molar-refractivity contribution is 0.555. The first-order valence-electron chi connectivity index (χ1n) is 9.11. The van der Waals surface area contributed by atoms with Crippen LogP contribution in [0.4, 0.5) is 11.9 Å². The van der Waals surface area contributed by atoms with Crippen molar-refractivity contribution in [2.45, 2.75) is 24.3 Å². The Morgan fingerprint density at radius 2 is 1.97 bits per heavy atom. The maximum absolute atomic E-state index is 12.7. The fourth-order valence-electron chi connectivity index (χ4n) is 3.07. The first-order chi connectivity index (χ1) is 13.8. The molecule has 1 aliphatic heterocycles. The molecule has 0 aliphatic carbocycles. The molecule has 29 heavy (non-hydrogen) atoms. The third kappa shape index (κ3) is 4.07. The van der Waals surface area contributed by atoms with E-state index in [4.69, 9.17) is 4.42 Å². The highest BCUT2D eigenvalue weighted by molar-refractivity contribution is 7.89. The third-order valence-electron chi connectivity index (χ3n) is 4.57. The molecule has 4 rings (SSSR count). The summed E-state index contributed by atoms with van der Waals surface area (Å²) in [4.78, 5) is 30.8. The molecule has 0 unspecified atom stereocenters. The number of hydrogen-bond donors (Lipinski definition) is 2. The van der Waals surface area contributed by atoms with Crippen LogP contribution in [0, 0.1) is 0 Å². The predicted molar refractivity (Wildman–Crippen MR) is 106 cm³/mol. The highest BCUT2D eigenvalue weighted by atomic mass is 32.2. The average molecular weight is 419 g/mol. The predicted octanol–water partition coefficient (Wildman–Crippen LogP) is 0.451. The Labute approximate surface area is 166 Å². The molecular weight excluding hydrogens is 398 g/mol. The number of aromatic amines is 1. The van der Waals surface area contributed by atoms with Crippen molar-refractivity contribution in [1.82, 2.24) is 24.7 Å². The molecule has 12 heteroatoms. The summed E-state index contributed by atoms with van der Waals surface area (Å²) in [5.74, 6) is 0.701. The molecule has 2 N–H and O–H groups in total. The molecule has 0 amide bonds. The van der Waals surface area contributed by atoms with E-state index in [0.29, 0.717) is 23.2 Å². The van der Waals surface area contributed by atoms with Gasteiger partial charge >= 0.3 is 5.76 Å². The number of anilines is 2. The van der Waals surface area contributed by atoms with Gasteiger partial charge in [0.25, 0.3) is 0 Å². The first-order valence-corrected chi connectivity index (χ1v) is 10.6. The summed E-state index contributed by atoms with van der Waals surface area (Å²) in [7, 11) is -0.212. The van der Waals surface area contributed by atoms with E-state index in [1.165, 1.54) is 18.2 Å². The average Bonchev–Trinajstić information content (AvgIpc) is 3.34. The van der Waals surface area contributed by atoms with Gasteiger partial charge in [0.1, 0.15) is 0 Å². The molecule has 11 nitrogen and oxygen atoms in total. The van der Waals surface area contributed by atoms with E-state index in [1.54, 1.807) is 4.90 Å². The molecule has 1 saturated heterocycles. The Bertz CT molecular complexity index is 1200. The van der Waals surface area contributed by atoms with Crippen LogP contribution >= 0.6 is 0 Å². The number of H-pyrrole nitrogens is 1. The van der Waals surface area contributed by atoms with Crippen LogP contribution in [0.5, 0.6) is 0 Å². The van der Waals surface area contributed by atoms with Gasteiger partial charge in [0.15, 0.2) is 11.4 Å². The van der Waals surface area contributed by atoms with Gasteiger partial charge in [0.2, 0.25) is 21.9 Å². The molecule has 0 radical (unpaired) electrons. The van der Waals surface area contributed by atoms with Crippen molar-refractivity contribution in [3.63, 3.8) is 0 Å². The Hall–Kier alpha value is -2.99. The molecule has 154 valence electrons. The molecule has 0 atom stereocenters. The zero-order valence-corrected chi connectivity index (χ0v) is 16.9. The fraction of sp³-hybridized carbons (Fsp3) is 0.412. The van der Waals surface area contributed by atoms with Crippen molar-refractivity contribution in [1.29, 1.82) is 0 Å². The lowest BCUT2D eigenvalue weighted by Crippen LogP contribution is -2.27. The standard InChI is InChI=1S/C17H21N7O4S/c1-23(2)15-20-14(21-16(22-15)24-7-3-4-8-24)10-18-29(26,27)11-5-6-13-12(9-11)19-17(25)28-13/h5-6,9,18H,3-4,7-8,10H2,1-2H3,(H,19,25). The SMILES string of the molecule is CN(C)c1nc(CNS(=O)(=O)c2ccc3oc(=O)[nH]c3c2)nc(N2CCCC2)n1. The van der Waals surface area contributed by atoms with Gasteiger partial charge in [0, 0.05) is 27.2 Å². The lowest BCUT2D eigenvalue weighted by atomic mass is 10.3. The summed E-state index contributed by atoms with van der Waals surface area (Å²) in [5, 5.41) is 0. The van der Waals surface area contributed by atoms with E-state index in [-0.39, 0.29) is 17.0 Å². The van der Waals surface area contributed by atoms with Crippen LogP contribution in [0.15, 0.2) is 32.3 Å². The van der Waals surface area contributed by atoms with Crippen LogP contribution in [-0.4, -0.2) is 55.5 Å². The van der Waals surface area contributed by atoms with Crippen LogP contribution in [0.3, 0.4) is 0 Å². The van der Waals surface area contributed by atoms with Gasteiger partial charge in [-0.1, -0.05) is 0 Å². The summed E-state index contributed by atoms with van der Waals surface area (Å²) in [6.45, 7) is 1.64. The van der Waals surface area contributed by atoms with Crippen molar-refractivity contribution >= 4 is 33.0 Å². The Morgan fingerprint density at radius 3 is 2.69 bits per heavy atom. The van der Waals surface area contributed by atoms with E-state index < -0.39 is 15.8 Å². The summed E-state index contributed by atoms with van der Waals surface area (Å²) in [6.07, 6.45) is 2.15. The second kappa shape index (κ2) is 7.44. The van der Waals surface area contributed by atoms with Crippen molar-refractivity contribution in [2.24, 2.45) is 0 Å². The van der Waals surface area contributed by atoms with Crippen LogP contribution in [0.25, 0.3) is 11.1 Å². The molecule has 3 heterocycles. The van der Waals surface area contributed by atoms with Gasteiger partial charge in [0.05, 0.1) is 17.0 Å². The summed E-state index contributed by atoms with van der Waals surface area (Å²) in [6, 6.07) is 4.15. The van der Waals surface area contributed by atoms with E-state index in [1.807, 2.05) is 14.1 Å². The highest BCUT2D eigenvalue weighted by Gasteiger charge is 2.20. The molecule has 1 aliphatic rings. The summed E-state index contributed by atoms with van der Waals surface area (Å²) < 4.78 is 32.8. The number of rotatable bonds is 6. The number of aromatic nitrogens is 4. The smallest absolute Gasteiger partial charge is 0.408 e. The van der Waals surface area contributed by atoms with E-state index in [0.717, 1.165) is 25.9 Å². The molecule has 0 saturated carbocycles. The summed E-state index contributed by atoms with van der Waals surface area (Å²) in [5.41, 5.74) is 0.599. The van der Waals surface area contributed by atoms with Gasteiger partial charge in [-0.3, -0.25) is 4.98 Å². The summed E-state index contributed by atoms with van der Waals surface area (Å²) >= 11 is 0. The van der Waals surface area contributed by atoms with E-state index in [9.17, 15) is 13.2 Å². The molecule has 2 aromatic heterocycles. The minimum absolute atomic E-state index is 0.00343. The zero-order chi connectivity index (χ0) is 20.6.